The molecule has 5 heteroatoms. The zero-order valence-electron chi connectivity index (χ0n) is 16.5. The van der Waals surface area contributed by atoms with Gasteiger partial charge in [-0.25, -0.2) is 0 Å². The normalized spacial score (nSPS) is 16.2. The van der Waals surface area contributed by atoms with Gasteiger partial charge >= 0.3 is 0 Å². The van der Waals surface area contributed by atoms with Crippen LogP contribution in [0.25, 0.3) is 0 Å². The van der Waals surface area contributed by atoms with Gasteiger partial charge in [-0.15, -0.1) is 10.2 Å². The van der Waals surface area contributed by atoms with Gasteiger partial charge in [0.2, 0.25) is 0 Å². The minimum Gasteiger partial charge on any atom is -0.300 e. The van der Waals surface area contributed by atoms with E-state index in [1.165, 1.54) is 43.5 Å². The van der Waals surface area contributed by atoms with Gasteiger partial charge in [-0.1, -0.05) is 78.8 Å². The van der Waals surface area contributed by atoms with Gasteiger partial charge in [0.25, 0.3) is 0 Å². The molecule has 1 fully saturated rings. The second kappa shape index (κ2) is 9.39. The summed E-state index contributed by atoms with van der Waals surface area (Å²) in [5, 5.41) is 10.5. The first-order valence-corrected chi connectivity index (χ1v) is 11.1. The zero-order valence-corrected chi connectivity index (χ0v) is 17.3. The number of likely N-dealkylation sites (tertiary alicyclic amines) is 1. The lowest BCUT2D eigenvalue weighted by Crippen LogP contribution is -2.30. The van der Waals surface area contributed by atoms with Crippen molar-refractivity contribution in [3.63, 3.8) is 0 Å². The van der Waals surface area contributed by atoms with E-state index in [-0.39, 0.29) is 0 Å². The van der Waals surface area contributed by atoms with Gasteiger partial charge in [-0.2, -0.15) is 0 Å². The molecule has 0 aliphatic carbocycles. The van der Waals surface area contributed by atoms with E-state index in [2.05, 4.69) is 87.3 Å². The van der Waals surface area contributed by atoms with Gasteiger partial charge in [-0.3, -0.25) is 4.90 Å². The highest BCUT2D eigenvalue weighted by Crippen LogP contribution is 2.34. The number of rotatable bonds is 7. The Kier molecular flexibility index (Phi) is 6.45. The van der Waals surface area contributed by atoms with Crippen LogP contribution in [0, 0.1) is 0 Å². The van der Waals surface area contributed by atoms with Crippen molar-refractivity contribution in [3.05, 3.63) is 77.6 Å². The molecule has 1 aliphatic heterocycles. The van der Waals surface area contributed by atoms with E-state index in [1.54, 1.807) is 11.8 Å². The topological polar surface area (TPSA) is 34.0 Å². The molecule has 2 heterocycles. The maximum absolute atomic E-state index is 4.60. The predicted octanol–water partition coefficient (Wildman–Crippen LogP) is 5.17. The molecule has 0 radical (unpaired) electrons. The molecule has 4 nitrogen and oxygen atoms in total. The lowest BCUT2D eigenvalue weighted by molar-refractivity contribution is 0.213. The molecule has 0 amide bonds. The second-order valence-corrected chi connectivity index (χ2v) is 8.79. The van der Waals surface area contributed by atoms with Crippen LogP contribution >= 0.6 is 11.8 Å². The summed E-state index contributed by atoms with van der Waals surface area (Å²) in [7, 11) is 0. The molecule has 2 aromatic carbocycles. The van der Waals surface area contributed by atoms with Crippen LogP contribution in [-0.4, -0.2) is 32.8 Å². The van der Waals surface area contributed by atoms with Crippen molar-refractivity contribution in [3.8, 4) is 0 Å². The molecule has 1 saturated heterocycles. The van der Waals surface area contributed by atoms with Crippen LogP contribution < -0.4 is 0 Å². The average Bonchev–Trinajstić information content (AvgIpc) is 3.11. The van der Waals surface area contributed by atoms with Crippen molar-refractivity contribution in [1.29, 1.82) is 0 Å². The third-order valence-electron chi connectivity index (χ3n) is 5.34. The molecule has 4 rings (SSSR count). The highest BCUT2D eigenvalue weighted by molar-refractivity contribution is 7.99. The summed E-state index contributed by atoms with van der Waals surface area (Å²) in [6.45, 7) is 6.29. The fraction of sp³-hybridized carbons (Fsp3) is 0.391. The molecule has 3 aromatic rings. The van der Waals surface area contributed by atoms with Gasteiger partial charge in [-0.05, 0) is 44.0 Å². The minimum absolute atomic E-state index is 0.336. The average molecular weight is 393 g/mol. The third kappa shape index (κ3) is 4.83. The van der Waals surface area contributed by atoms with E-state index in [1.807, 2.05) is 0 Å². The molecule has 0 spiro atoms. The summed E-state index contributed by atoms with van der Waals surface area (Å²) in [6, 6.07) is 21.3. The number of hydrogen-bond donors (Lipinski definition) is 0. The van der Waals surface area contributed by atoms with E-state index in [9.17, 15) is 0 Å². The standard InChI is InChI=1S/C23H28N4S/c1-19(21-13-7-3-8-14-21)28-23-25-24-22(18-26-15-9-4-10-16-26)27(23)17-20-11-5-2-6-12-20/h2-3,5-8,11-14,19H,4,9-10,15-18H2,1H3. The SMILES string of the molecule is CC(Sc1nnc(CN2CCCCC2)n1Cc1ccccc1)c1ccccc1. The molecular formula is C23H28N4S. The number of hydrogen-bond acceptors (Lipinski definition) is 4. The van der Waals surface area contributed by atoms with Crippen molar-refractivity contribution in [2.45, 2.75) is 49.7 Å². The molecule has 1 unspecified atom stereocenters. The summed E-state index contributed by atoms with van der Waals surface area (Å²) in [5.41, 5.74) is 2.61. The Hall–Kier alpha value is -2.11. The molecule has 1 aliphatic rings. The van der Waals surface area contributed by atoms with Crippen molar-refractivity contribution in [2.75, 3.05) is 13.1 Å². The lowest BCUT2D eigenvalue weighted by atomic mass is 10.1. The first-order valence-electron chi connectivity index (χ1n) is 10.2. The quantitative estimate of drug-likeness (QED) is 0.520. The Bertz CT molecular complexity index is 857. The maximum atomic E-state index is 4.60. The minimum atomic E-state index is 0.336. The number of aromatic nitrogens is 3. The molecule has 28 heavy (non-hydrogen) atoms. The van der Waals surface area contributed by atoms with Gasteiger partial charge in [0.15, 0.2) is 5.16 Å². The molecule has 1 atom stereocenters. The number of nitrogens with zero attached hydrogens (tertiary/aromatic N) is 4. The largest absolute Gasteiger partial charge is 0.300 e. The van der Waals surface area contributed by atoms with Crippen molar-refractivity contribution in [1.82, 2.24) is 19.7 Å². The third-order valence-corrected chi connectivity index (χ3v) is 6.48. The smallest absolute Gasteiger partial charge is 0.192 e. The molecular weight excluding hydrogens is 364 g/mol. The zero-order chi connectivity index (χ0) is 19.2. The second-order valence-electron chi connectivity index (χ2n) is 7.48. The summed E-state index contributed by atoms with van der Waals surface area (Å²) in [5.74, 6) is 1.08. The van der Waals surface area contributed by atoms with E-state index in [0.717, 1.165) is 24.1 Å². The van der Waals surface area contributed by atoms with Crippen LogP contribution in [0.1, 0.15) is 48.4 Å². The van der Waals surface area contributed by atoms with Crippen molar-refractivity contribution >= 4 is 11.8 Å². The van der Waals surface area contributed by atoms with Crippen LogP contribution in [0.5, 0.6) is 0 Å². The summed E-state index contributed by atoms with van der Waals surface area (Å²) >= 11 is 1.80. The number of thioether (sulfide) groups is 1. The van der Waals surface area contributed by atoms with Crippen LogP contribution in [-0.2, 0) is 13.1 Å². The van der Waals surface area contributed by atoms with Gasteiger partial charge in [0.05, 0.1) is 13.1 Å². The van der Waals surface area contributed by atoms with Crippen LogP contribution in [0.2, 0.25) is 0 Å². The van der Waals surface area contributed by atoms with E-state index < -0.39 is 0 Å². The summed E-state index contributed by atoms with van der Waals surface area (Å²) < 4.78 is 2.31. The molecule has 146 valence electrons. The van der Waals surface area contributed by atoms with Gasteiger partial charge in [0, 0.05) is 5.25 Å². The maximum Gasteiger partial charge on any atom is 0.192 e. The summed E-state index contributed by atoms with van der Waals surface area (Å²) in [4.78, 5) is 2.52. The van der Waals surface area contributed by atoms with Gasteiger partial charge in [0.1, 0.15) is 5.82 Å². The fourth-order valence-corrected chi connectivity index (χ4v) is 4.71. The van der Waals surface area contributed by atoms with Crippen molar-refractivity contribution < 1.29 is 0 Å². The van der Waals surface area contributed by atoms with E-state index in [4.69, 9.17) is 0 Å². The predicted molar refractivity (Wildman–Crippen MR) is 115 cm³/mol. The van der Waals surface area contributed by atoms with Gasteiger partial charge < -0.3 is 4.57 Å². The number of piperidine rings is 1. The Morgan fingerprint density at radius 3 is 2.25 bits per heavy atom. The highest BCUT2D eigenvalue weighted by atomic mass is 32.2. The van der Waals surface area contributed by atoms with E-state index >= 15 is 0 Å². The Morgan fingerprint density at radius 2 is 1.54 bits per heavy atom. The van der Waals surface area contributed by atoms with Crippen LogP contribution in [0.15, 0.2) is 65.8 Å². The molecule has 0 bridgehead atoms. The Balaban J connectivity index is 1.57. The summed E-state index contributed by atoms with van der Waals surface area (Å²) in [6.07, 6.45) is 3.93. The van der Waals surface area contributed by atoms with E-state index in [0.29, 0.717) is 5.25 Å². The fourth-order valence-electron chi connectivity index (χ4n) is 3.72. The van der Waals surface area contributed by atoms with Crippen molar-refractivity contribution in [2.24, 2.45) is 0 Å². The Morgan fingerprint density at radius 1 is 0.857 bits per heavy atom. The molecule has 0 saturated carbocycles. The monoisotopic (exact) mass is 392 g/mol. The number of benzene rings is 2. The Labute approximate surface area is 172 Å². The lowest BCUT2D eigenvalue weighted by Gasteiger charge is -2.26. The van der Waals surface area contributed by atoms with Crippen LogP contribution in [0.4, 0.5) is 0 Å². The highest BCUT2D eigenvalue weighted by Gasteiger charge is 2.19. The first kappa shape index (κ1) is 19.2. The van der Waals surface area contributed by atoms with Crippen LogP contribution in [0.3, 0.4) is 0 Å². The molecule has 0 N–H and O–H groups in total. The first-order chi connectivity index (χ1) is 13.8. The molecule has 1 aromatic heterocycles.